The summed E-state index contributed by atoms with van der Waals surface area (Å²) >= 11 is 0. The van der Waals surface area contributed by atoms with Crippen LogP contribution in [0.5, 0.6) is 5.75 Å². The molecule has 86 valence electrons. The first-order valence-electron chi connectivity index (χ1n) is 5.96. The van der Waals surface area contributed by atoms with Crippen LogP contribution in [-0.2, 0) is 12.8 Å². The summed E-state index contributed by atoms with van der Waals surface area (Å²) in [5.41, 5.74) is 6.01. The molecule has 0 aromatic heterocycles. The van der Waals surface area contributed by atoms with Crippen molar-refractivity contribution in [2.75, 3.05) is 0 Å². The Bertz CT molecular complexity index is 470. The highest BCUT2D eigenvalue weighted by Gasteiger charge is 2.20. The van der Waals surface area contributed by atoms with E-state index in [0.717, 1.165) is 18.6 Å². The van der Waals surface area contributed by atoms with Crippen molar-refractivity contribution in [3.63, 3.8) is 0 Å². The minimum atomic E-state index is 0.382. The van der Waals surface area contributed by atoms with E-state index in [0.29, 0.717) is 6.04 Å². The monoisotopic (exact) mass is 225 g/mol. The molecule has 0 amide bonds. The van der Waals surface area contributed by atoms with Crippen molar-refractivity contribution in [2.24, 2.45) is 0 Å². The van der Waals surface area contributed by atoms with Gasteiger partial charge in [-0.1, -0.05) is 42.5 Å². The number of hydrogen-bond acceptors (Lipinski definition) is 2. The molecule has 2 nitrogen and oxygen atoms in total. The Morgan fingerprint density at radius 3 is 2.06 bits per heavy atom. The summed E-state index contributed by atoms with van der Waals surface area (Å²) in [4.78, 5) is 5.57. The first-order chi connectivity index (χ1) is 8.42. The van der Waals surface area contributed by atoms with E-state index in [2.05, 4.69) is 29.7 Å². The number of hydrogen-bond donors (Lipinski definition) is 1. The Labute approximate surface area is 101 Å². The molecule has 2 heteroatoms. The van der Waals surface area contributed by atoms with Crippen molar-refractivity contribution in [3.8, 4) is 5.75 Å². The Kier molecular flexibility index (Phi) is 2.80. The number of para-hydroxylation sites is 1. The second kappa shape index (κ2) is 4.60. The number of nitrogens with one attached hydrogen (secondary N) is 1. The van der Waals surface area contributed by atoms with Crippen molar-refractivity contribution in [2.45, 2.75) is 18.9 Å². The third kappa shape index (κ3) is 2.32. The van der Waals surface area contributed by atoms with Gasteiger partial charge in [-0.15, -0.1) is 0 Å². The molecule has 0 atom stereocenters. The molecule has 0 aliphatic heterocycles. The van der Waals surface area contributed by atoms with Crippen molar-refractivity contribution in [3.05, 3.63) is 65.7 Å². The maximum atomic E-state index is 5.57. The summed E-state index contributed by atoms with van der Waals surface area (Å²) in [5, 5.41) is 0. The van der Waals surface area contributed by atoms with Gasteiger partial charge in [-0.2, -0.15) is 5.48 Å². The highest BCUT2D eigenvalue weighted by Crippen LogP contribution is 2.21. The lowest BCUT2D eigenvalue weighted by molar-refractivity contribution is 0.158. The second-order valence-electron chi connectivity index (χ2n) is 4.41. The van der Waals surface area contributed by atoms with Crippen LogP contribution in [0.1, 0.15) is 11.1 Å². The maximum absolute atomic E-state index is 5.57. The van der Waals surface area contributed by atoms with Gasteiger partial charge in [0, 0.05) is 0 Å². The van der Waals surface area contributed by atoms with Gasteiger partial charge in [0.15, 0.2) is 0 Å². The fourth-order valence-electron chi connectivity index (χ4n) is 2.28. The predicted octanol–water partition coefficient (Wildman–Crippen LogP) is 2.74. The van der Waals surface area contributed by atoms with E-state index < -0.39 is 0 Å². The normalized spacial score (nSPS) is 14.6. The summed E-state index contributed by atoms with van der Waals surface area (Å²) in [6.07, 6.45) is 2.09. The van der Waals surface area contributed by atoms with Crippen molar-refractivity contribution in [1.29, 1.82) is 0 Å². The lowest BCUT2D eigenvalue weighted by Gasteiger charge is -2.12. The zero-order chi connectivity index (χ0) is 11.5. The number of rotatable bonds is 3. The molecule has 0 saturated heterocycles. The summed E-state index contributed by atoms with van der Waals surface area (Å²) in [6, 6.07) is 18.8. The van der Waals surface area contributed by atoms with Crippen molar-refractivity contribution < 1.29 is 4.84 Å². The molecule has 0 fully saturated rings. The highest BCUT2D eigenvalue weighted by atomic mass is 16.6. The number of hydroxylamine groups is 1. The third-order valence-electron chi connectivity index (χ3n) is 3.14. The van der Waals surface area contributed by atoms with Gasteiger partial charge < -0.3 is 4.84 Å². The molecule has 17 heavy (non-hydrogen) atoms. The Morgan fingerprint density at radius 2 is 1.41 bits per heavy atom. The summed E-state index contributed by atoms with van der Waals surface area (Å²) in [6.45, 7) is 0. The van der Waals surface area contributed by atoms with Gasteiger partial charge in [-0.3, -0.25) is 0 Å². The van der Waals surface area contributed by atoms with Crippen LogP contribution < -0.4 is 10.3 Å². The van der Waals surface area contributed by atoms with Crippen LogP contribution in [-0.4, -0.2) is 6.04 Å². The van der Waals surface area contributed by atoms with Crippen LogP contribution in [0.4, 0.5) is 0 Å². The number of fused-ring (bicyclic) bond motifs is 1. The van der Waals surface area contributed by atoms with Gasteiger partial charge in [0.25, 0.3) is 0 Å². The number of benzene rings is 2. The lowest BCUT2D eigenvalue weighted by Crippen LogP contribution is -2.32. The standard InChI is InChI=1S/C15H15NO/c1-2-8-15(9-3-1)17-16-14-10-12-6-4-5-7-13(12)11-14/h1-9,14,16H,10-11H2. The fraction of sp³-hybridized carbons (Fsp3) is 0.200. The van der Waals surface area contributed by atoms with E-state index in [-0.39, 0.29) is 0 Å². The third-order valence-corrected chi connectivity index (χ3v) is 3.14. The van der Waals surface area contributed by atoms with Gasteiger partial charge in [0.05, 0.1) is 6.04 Å². The van der Waals surface area contributed by atoms with E-state index in [1.165, 1.54) is 11.1 Å². The smallest absolute Gasteiger partial charge is 0.147 e. The molecule has 1 N–H and O–H groups in total. The molecular formula is C15H15NO. The molecule has 2 aromatic carbocycles. The quantitative estimate of drug-likeness (QED) is 0.811. The van der Waals surface area contributed by atoms with E-state index in [1.807, 2.05) is 30.3 Å². The summed E-state index contributed by atoms with van der Waals surface area (Å²) in [5.74, 6) is 0.864. The van der Waals surface area contributed by atoms with E-state index >= 15 is 0 Å². The van der Waals surface area contributed by atoms with E-state index in [4.69, 9.17) is 4.84 Å². The first-order valence-corrected chi connectivity index (χ1v) is 5.96. The minimum absolute atomic E-state index is 0.382. The van der Waals surface area contributed by atoms with Crippen LogP contribution in [0.25, 0.3) is 0 Å². The molecule has 0 heterocycles. The zero-order valence-electron chi connectivity index (χ0n) is 9.60. The van der Waals surface area contributed by atoms with E-state index in [9.17, 15) is 0 Å². The Balaban J connectivity index is 1.59. The fourth-order valence-corrected chi connectivity index (χ4v) is 2.28. The SMILES string of the molecule is c1ccc(ONC2Cc3ccccc3C2)cc1. The molecule has 3 rings (SSSR count). The van der Waals surface area contributed by atoms with Crippen molar-refractivity contribution in [1.82, 2.24) is 5.48 Å². The molecule has 2 aromatic rings. The predicted molar refractivity (Wildman–Crippen MR) is 67.8 cm³/mol. The van der Waals surface area contributed by atoms with Crippen LogP contribution in [0, 0.1) is 0 Å². The average molecular weight is 225 g/mol. The molecule has 0 radical (unpaired) electrons. The Morgan fingerprint density at radius 1 is 0.824 bits per heavy atom. The molecule has 1 aliphatic rings. The van der Waals surface area contributed by atoms with Crippen LogP contribution >= 0.6 is 0 Å². The largest absolute Gasteiger partial charge is 0.408 e. The van der Waals surface area contributed by atoms with Gasteiger partial charge in [0.1, 0.15) is 5.75 Å². The topological polar surface area (TPSA) is 21.3 Å². The molecule has 0 unspecified atom stereocenters. The molecule has 0 spiro atoms. The van der Waals surface area contributed by atoms with Crippen molar-refractivity contribution >= 4 is 0 Å². The van der Waals surface area contributed by atoms with Crippen LogP contribution in [0.15, 0.2) is 54.6 Å². The molecule has 0 bridgehead atoms. The molecular weight excluding hydrogens is 210 g/mol. The zero-order valence-corrected chi connectivity index (χ0v) is 9.60. The Hall–Kier alpha value is -1.80. The van der Waals surface area contributed by atoms with Crippen LogP contribution in [0.3, 0.4) is 0 Å². The van der Waals surface area contributed by atoms with Gasteiger partial charge >= 0.3 is 0 Å². The van der Waals surface area contributed by atoms with E-state index in [1.54, 1.807) is 0 Å². The highest BCUT2D eigenvalue weighted by molar-refractivity contribution is 5.33. The summed E-state index contributed by atoms with van der Waals surface area (Å²) in [7, 11) is 0. The minimum Gasteiger partial charge on any atom is -0.408 e. The second-order valence-corrected chi connectivity index (χ2v) is 4.41. The van der Waals surface area contributed by atoms with Gasteiger partial charge in [0.2, 0.25) is 0 Å². The van der Waals surface area contributed by atoms with Gasteiger partial charge in [-0.05, 0) is 36.1 Å². The summed E-state index contributed by atoms with van der Waals surface area (Å²) < 4.78 is 0. The average Bonchev–Trinajstić information content (AvgIpc) is 2.80. The lowest BCUT2D eigenvalue weighted by atomic mass is 10.1. The van der Waals surface area contributed by atoms with Crippen LogP contribution in [0.2, 0.25) is 0 Å². The maximum Gasteiger partial charge on any atom is 0.147 e. The molecule has 1 aliphatic carbocycles. The van der Waals surface area contributed by atoms with Gasteiger partial charge in [-0.25, -0.2) is 0 Å². The first kappa shape index (κ1) is 10.4. The molecule has 0 saturated carbocycles.